The molecule has 0 aliphatic carbocycles. The van der Waals surface area contributed by atoms with E-state index in [4.69, 9.17) is 21.8 Å². The minimum atomic E-state index is -3.89. The third-order valence-electron chi connectivity index (χ3n) is 1.67. The van der Waals surface area contributed by atoms with Gasteiger partial charge >= 0.3 is 0 Å². The van der Waals surface area contributed by atoms with Crippen LogP contribution in [0.3, 0.4) is 0 Å². The average Bonchev–Trinajstić information content (AvgIpc) is 2.02. The number of halogens is 1. The summed E-state index contributed by atoms with van der Waals surface area (Å²) < 4.78 is 22.2. The van der Waals surface area contributed by atoms with Crippen molar-refractivity contribution in [2.45, 2.75) is 5.25 Å². The summed E-state index contributed by atoms with van der Waals surface area (Å²) in [7, 11) is 1.29. The maximum atomic E-state index is 11.1. The molecule has 0 fully saturated rings. The van der Waals surface area contributed by atoms with Crippen molar-refractivity contribution in [1.82, 2.24) is 0 Å². The van der Waals surface area contributed by atoms with Crippen LogP contribution in [0.2, 0.25) is 0 Å². The fraction of sp³-hybridized carbons (Fsp3) is 0.125. The van der Waals surface area contributed by atoms with Gasteiger partial charge in [0.05, 0.1) is 0 Å². The van der Waals surface area contributed by atoms with Crippen molar-refractivity contribution in [1.29, 1.82) is 5.41 Å². The van der Waals surface area contributed by atoms with Gasteiger partial charge in [-0.25, -0.2) is 8.42 Å². The molecule has 0 spiro atoms. The normalized spacial score (nSPS) is 13.5. The van der Waals surface area contributed by atoms with Crippen LogP contribution in [0.4, 0.5) is 0 Å². The molecule has 0 aromatic heterocycles. The number of nitrogens with two attached hydrogens (primary N) is 1. The van der Waals surface area contributed by atoms with E-state index in [0.717, 1.165) is 0 Å². The SMILES string of the molecule is N=C(N)C(c1ccccc1)S(=O)(=O)Cl. The van der Waals surface area contributed by atoms with Crippen molar-refractivity contribution >= 4 is 25.6 Å². The molecule has 0 heterocycles. The van der Waals surface area contributed by atoms with Gasteiger partial charge in [0.2, 0.25) is 9.05 Å². The van der Waals surface area contributed by atoms with Crippen molar-refractivity contribution in [3.8, 4) is 0 Å². The molecule has 1 atom stereocenters. The van der Waals surface area contributed by atoms with Gasteiger partial charge in [0.15, 0.2) is 5.25 Å². The van der Waals surface area contributed by atoms with E-state index < -0.39 is 20.1 Å². The van der Waals surface area contributed by atoms with Gasteiger partial charge in [-0.2, -0.15) is 0 Å². The quantitative estimate of drug-likeness (QED) is 0.467. The lowest BCUT2D eigenvalue weighted by atomic mass is 10.1. The molecule has 0 aliphatic rings. The number of benzene rings is 1. The van der Waals surface area contributed by atoms with Gasteiger partial charge < -0.3 is 5.73 Å². The summed E-state index contributed by atoms with van der Waals surface area (Å²) in [6, 6.07) is 8.18. The summed E-state index contributed by atoms with van der Waals surface area (Å²) >= 11 is 0. The largest absolute Gasteiger partial charge is 0.386 e. The molecule has 0 radical (unpaired) electrons. The van der Waals surface area contributed by atoms with E-state index in [9.17, 15) is 8.42 Å². The molecule has 14 heavy (non-hydrogen) atoms. The number of nitrogens with one attached hydrogen (secondary N) is 1. The monoisotopic (exact) mass is 232 g/mol. The third-order valence-corrected chi connectivity index (χ3v) is 3.29. The van der Waals surface area contributed by atoms with Crippen LogP contribution in [-0.4, -0.2) is 14.3 Å². The smallest absolute Gasteiger partial charge is 0.246 e. The van der Waals surface area contributed by atoms with Crippen molar-refractivity contribution < 1.29 is 8.42 Å². The number of amidine groups is 1. The third kappa shape index (κ3) is 2.46. The van der Waals surface area contributed by atoms with Crippen LogP contribution >= 0.6 is 10.7 Å². The van der Waals surface area contributed by atoms with Gasteiger partial charge in [-0.05, 0) is 5.56 Å². The van der Waals surface area contributed by atoms with Crippen LogP contribution in [-0.2, 0) is 9.05 Å². The highest BCUT2D eigenvalue weighted by Crippen LogP contribution is 2.24. The molecule has 1 aromatic carbocycles. The lowest BCUT2D eigenvalue weighted by Crippen LogP contribution is -2.25. The van der Waals surface area contributed by atoms with Crippen molar-refractivity contribution in [3.05, 3.63) is 35.9 Å². The van der Waals surface area contributed by atoms with E-state index in [0.29, 0.717) is 5.56 Å². The van der Waals surface area contributed by atoms with Gasteiger partial charge in [0.25, 0.3) is 0 Å². The van der Waals surface area contributed by atoms with Gasteiger partial charge in [-0.15, -0.1) is 0 Å². The lowest BCUT2D eigenvalue weighted by molar-refractivity contribution is 0.606. The Labute approximate surface area is 86.6 Å². The molecule has 1 aromatic rings. The van der Waals surface area contributed by atoms with E-state index in [2.05, 4.69) is 0 Å². The van der Waals surface area contributed by atoms with E-state index >= 15 is 0 Å². The van der Waals surface area contributed by atoms with E-state index in [1.54, 1.807) is 30.3 Å². The predicted octanol–water partition coefficient (Wildman–Crippen LogP) is 1.23. The topological polar surface area (TPSA) is 84.0 Å². The van der Waals surface area contributed by atoms with Crippen LogP contribution in [0.1, 0.15) is 10.8 Å². The van der Waals surface area contributed by atoms with Crippen LogP contribution in [0, 0.1) is 5.41 Å². The van der Waals surface area contributed by atoms with Crippen LogP contribution in [0.5, 0.6) is 0 Å². The van der Waals surface area contributed by atoms with Gasteiger partial charge in [0, 0.05) is 10.7 Å². The number of hydrogen-bond donors (Lipinski definition) is 2. The molecule has 1 rings (SSSR count). The van der Waals surface area contributed by atoms with Crippen LogP contribution in [0.25, 0.3) is 0 Å². The van der Waals surface area contributed by atoms with Gasteiger partial charge in [-0.1, -0.05) is 30.3 Å². The molecule has 3 N–H and O–H groups in total. The zero-order chi connectivity index (χ0) is 10.8. The Bertz CT molecular complexity index is 430. The Morgan fingerprint density at radius 2 is 1.86 bits per heavy atom. The minimum Gasteiger partial charge on any atom is -0.386 e. The highest BCUT2D eigenvalue weighted by atomic mass is 35.7. The molecule has 0 aliphatic heterocycles. The summed E-state index contributed by atoms with van der Waals surface area (Å²) in [5, 5.41) is 5.90. The molecule has 0 saturated carbocycles. The first-order valence-corrected chi connectivity index (χ1v) is 6.12. The first-order valence-electron chi connectivity index (χ1n) is 3.75. The Kier molecular flexibility index (Phi) is 3.13. The second-order valence-corrected chi connectivity index (χ2v) is 5.43. The Morgan fingerprint density at radius 3 is 2.21 bits per heavy atom. The van der Waals surface area contributed by atoms with Gasteiger partial charge in [0.1, 0.15) is 5.84 Å². The molecule has 6 heteroatoms. The summed E-state index contributed by atoms with van der Waals surface area (Å²) in [5.74, 6) is -0.480. The van der Waals surface area contributed by atoms with Crippen LogP contribution in [0.15, 0.2) is 30.3 Å². The summed E-state index contributed by atoms with van der Waals surface area (Å²) in [6.07, 6.45) is 0. The second-order valence-electron chi connectivity index (χ2n) is 2.72. The molecular weight excluding hydrogens is 224 g/mol. The second kappa shape index (κ2) is 3.98. The Morgan fingerprint density at radius 1 is 1.36 bits per heavy atom. The number of hydrogen-bond acceptors (Lipinski definition) is 3. The lowest BCUT2D eigenvalue weighted by Gasteiger charge is -2.11. The zero-order valence-corrected chi connectivity index (χ0v) is 8.72. The molecule has 1 unspecified atom stereocenters. The molecule has 76 valence electrons. The standard InChI is InChI=1S/C8H9ClN2O2S/c9-14(12,13)7(8(10)11)6-4-2-1-3-5-6/h1-5,7H,(H3,10,11). The maximum Gasteiger partial charge on any atom is 0.246 e. The van der Waals surface area contributed by atoms with Crippen molar-refractivity contribution in [2.75, 3.05) is 0 Å². The zero-order valence-electron chi connectivity index (χ0n) is 7.14. The van der Waals surface area contributed by atoms with E-state index in [1.807, 2.05) is 0 Å². The predicted molar refractivity (Wildman–Crippen MR) is 55.9 cm³/mol. The molecule has 0 saturated heterocycles. The number of rotatable bonds is 3. The maximum absolute atomic E-state index is 11.1. The van der Waals surface area contributed by atoms with Crippen molar-refractivity contribution in [2.24, 2.45) is 5.73 Å². The average molecular weight is 233 g/mol. The Balaban J connectivity index is 3.22. The summed E-state index contributed by atoms with van der Waals surface area (Å²) in [5.41, 5.74) is 5.57. The fourth-order valence-corrected chi connectivity index (χ4v) is 2.50. The summed E-state index contributed by atoms with van der Waals surface area (Å²) in [4.78, 5) is 0. The highest BCUT2D eigenvalue weighted by molar-refractivity contribution is 8.14. The molecule has 0 amide bonds. The van der Waals surface area contributed by atoms with Gasteiger partial charge in [-0.3, -0.25) is 5.41 Å². The van der Waals surface area contributed by atoms with Crippen LogP contribution < -0.4 is 5.73 Å². The first-order chi connectivity index (χ1) is 6.43. The summed E-state index contributed by atoms with van der Waals surface area (Å²) in [6.45, 7) is 0. The highest BCUT2D eigenvalue weighted by Gasteiger charge is 2.27. The minimum absolute atomic E-state index is 0.398. The molecule has 4 nitrogen and oxygen atoms in total. The fourth-order valence-electron chi connectivity index (χ4n) is 1.12. The Hall–Kier alpha value is -1.07. The molecule has 0 bridgehead atoms. The molecular formula is C8H9ClN2O2S. The van der Waals surface area contributed by atoms with E-state index in [-0.39, 0.29) is 0 Å². The first kappa shape index (κ1) is 11.0. The van der Waals surface area contributed by atoms with Crippen molar-refractivity contribution in [3.63, 3.8) is 0 Å². The van der Waals surface area contributed by atoms with E-state index in [1.165, 1.54) is 0 Å².